The maximum absolute atomic E-state index is 14.0. The van der Waals surface area contributed by atoms with Crippen LogP contribution in [0.5, 0.6) is 5.75 Å². The van der Waals surface area contributed by atoms with E-state index in [0.717, 1.165) is 18.2 Å². The van der Waals surface area contributed by atoms with Crippen molar-refractivity contribution in [2.75, 3.05) is 6.61 Å². The average molecular weight is 327 g/mol. The van der Waals surface area contributed by atoms with Crippen molar-refractivity contribution in [1.82, 2.24) is 0 Å². The van der Waals surface area contributed by atoms with Gasteiger partial charge in [-0.3, -0.25) is 4.99 Å². The SMILES string of the molecule is C=Nc1c(F)cc(-c2ccc(OCC=C(F)F)cc2F)cc1F. The van der Waals surface area contributed by atoms with Crippen LogP contribution in [0.2, 0.25) is 0 Å². The Balaban J connectivity index is 2.31. The summed E-state index contributed by atoms with van der Waals surface area (Å²) in [6.07, 6.45) is -1.39. The van der Waals surface area contributed by atoms with Gasteiger partial charge in [-0.15, -0.1) is 0 Å². The number of nitrogens with zero attached hydrogens (tertiary/aromatic N) is 1. The van der Waals surface area contributed by atoms with E-state index >= 15 is 0 Å². The number of aliphatic imine (C=N–C) groups is 1. The van der Waals surface area contributed by atoms with Crippen molar-refractivity contribution in [2.45, 2.75) is 0 Å². The third-order valence-electron chi connectivity index (χ3n) is 2.91. The van der Waals surface area contributed by atoms with Crippen LogP contribution >= 0.6 is 0 Å². The van der Waals surface area contributed by atoms with Crippen molar-refractivity contribution in [3.8, 4) is 16.9 Å². The number of hydrogen-bond acceptors (Lipinski definition) is 2. The molecule has 0 saturated heterocycles. The average Bonchev–Trinajstić information content (AvgIpc) is 2.46. The molecule has 2 aromatic rings. The van der Waals surface area contributed by atoms with Crippen molar-refractivity contribution < 1.29 is 26.7 Å². The van der Waals surface area contributed by atoms with Crippen LogP contribution in [0.3, 0.4) is 0 Å². The molecule has 2 rings (SSSR count). The van der Waals surface area contributed by atoms with Gasteiger partial charge in [-0.2, -0.15) is 8.78 Å². The molecule has 2 nitrogen and oxygen atoms in total. The van der Waals surface area contributed by atoms with Gasteiger partial charge < -0.3 is 4.74 Å². The first-order chi connectivity index (χ1) is 10.9. The summed E-state index contributed by atoms with van der Waals surface area (Å²) < 4.78 is 70.0. The van der Waals surface area contributed by atoms with Crippen LogP contribution in [-0.4, -0.2) is 13.3 Å². The van der Waals surface area contributed by atoms with Crippen molar-refractivity contribution in [1.29, 1.82) is 0 Å². The second-order valence-corrected chi connectivity index (χ2v) is 4.39. The van der Waals surface area contributed by atoms with Gasteiger partial charge in [0.25, 0.3) is 6.08 Å². The van der Waals surface area contributed by atoms with Crippen molar-refractivity contribution in [2.24, 2.45) is 4.99 Å². The highest BCUT2D eigenvalue weighted by molar-refractivity contribution is 5.68. The molecule has 2 aromatic carbocycles. The molecule has 0 heterocycles. The molecule has 0 amide bonds. The third-order valence-corrected chi connectivity index (χ3v) is 2.91. The molecule has 0 radical (unpaired) electrons. The molecule has 0 aromatic heterocycles. The molecule has 0 bridgehead atoms. The zero-order valence-electron chi connectivity index (χ0n) is 11.6. The fraction of sp³-hybridized carbons (Fsp3) is 0.0625. The lowest BCUT2D eigenvalue weighted by atomic mass is 10.0. The standard InChI is InChI=1S/C16H10F5NO/c1-22-16-13(18)6-9(7-14(16)19)11-3-2-10(8-12(11)17)23-5-4-15(20)21/h2-4,6-8H,1,5H2. The molecule has 0 aliphatic rings. The van der Waals surface area contributed by atoms with Crippen LogP contribution in [0, 0.1) is 17.5 Å². The van der Waals surface area contributed by atoms with E-state index < -0.39 is 35.8 Å². The van der Waals surface area contributed by atoms with Gasteiger partial charge in [0, 0.05) is 17.7 Å². The summed E-state index contributed by atoms with van der Waals surface area (Å²) in [5.41, 5.74) is -0.654. The molecule has 0 aliphatic heterocycles. The van der Waals surface area contributed by atoms with Crippen LogP contribution in [0.25, 0.3) is 11.1 Å². The first kappa shape index (κ1) is 16.7. The number of rotatable bonds is 5. The van der Waals surface area contributed by atoms with E-state index in [1.165, 1.54) is 12.1 Å². The summed E-state index contributed by atoms with van der Waals surface area (Å²) in [5, 5.41) is 0. The van der Waals surface area contributed by atoms with Crippen molar-refractivity contribution >= 4 is 12.4 Å². The third kappa shape index (κ3) is 3.94. The van der Waals surface area contributed by atoms with Crippen LogP contribution in [0.1, 0.15) is 0 Å². The highest BCUT2D eigenvalue weighted by Crippen LogP contribution is 2.31. The Morgan fingerprint density at radius 3 is 2.22 bits per heavy atom. The minimum atomic E-state index is -1.91. The summed E-state index contributed by atoms with van der Waals surface area (Å²) in [6, 6.07) is 5.32. The molecule has 0 spiro atoms. The van der Waals surface area contributed by atoms with Gasteiger partial charge >= 0.3 is 0 Å². The van der Waals surface area contributed by atoms with Crippen LogP contribution < -0.4 is 4.74 Å². The first-order valence-corrected chi connectivity index (χ1v) is 6.32. The predicted octanol–water partition coefficient (Wildman–Crippen LogP) is 5.26. The zero-order valence-corrected chi connectivity index (χ0v) is 11.6. The lowest BCUT2D eigenvalue weighted by Gasteiger charge is -2.09. The number of benzene rings is 2. The lowest BCUT2D eigenvalue weighted by molar-refractivity contribution is 0.343. The van der Waals surface area contributed by atoms with Gasteiger partial charge in [0.1, 0.15) is 23.9 Å². The maximum atomic E-state index is 14.0. The molecular weight excluding hydrogens is 317 g/mol. The van der Waals surface area contributed by atoms with Gasteiger partial charge in [-0.1, -0.05) is 0 Å². The van der Waals surface area contributed by atoms with Crippen LogP contribution in [0.4, 0.5) is 27.6 Å². The largest absolute Gasteiger partial charge is 0.489 e. The molecule has 120 valence electrons. The minimum absolute atomic E-state index is 0.00840. The molecule has 0 fully saturated rings. The van der Waals surface area contributed by atoms with E-state index in [0.29, 0.717) is 6.08 Å². The normalized spacial score (nSPS) is 10.3. The van der Waals surface area contributed by atoms with E-state index in [2.05, 4.69) is 11.7 Å². The summed E-state index contributed by atoms with van der Waals surface area (Å²) in [4.78, 5) is 3.21. The molecule has 23 heavy (non-hydrogen) atoms. The minimum Gasteiger partial charge on any atom is -0.489 e. The van der Waals surface area contributed by atoms with E-state index in [1.807, 2.05) is 0 Å². The van der Waals surface area contributed by atoms with E-state index in [1.54, 1.807) is 0 Å². The van der Waals surface area contributed by atoms with Gasteiger partial charge in [0.15, 0.2) is 11.6 Å². The number of ether oxygens (including phenoxy) is 1. The molecule has 0 atom stereocenters. The summed E-state index contributed by atoms with van der Waals surface area (Å²) in [7, 11) is 0. The van der Waals surface area contributed by atoms with E-state index in [9.17, 15) is 22.0 Å². The Labute approximate surface area is 128 Å². The fourth-order valence-corrected chi connectivity index (χ4v) is 1.89. The molecule has 0 saturated carbocycles. The lowest BCUT2D eigenvalue weighted by Crippen LogP contribution is -1.95. The van der Waals surface area contributed by atoms with E-state index in [-0.39, 0.29) is 16.9 Å². The van der Waals surface area contributed by atoms with Gasteiger partial charge in [0.2, 0.25) is 0 Å². The summed E-state index contributed by atoms with van der Waals surface area (Å²) >= 11 is 0. The monoisotopic (exact) mass is 327 g/mol. The first-order valence-electron chi connectivity index (χ1n) is 6.32. The maximum Gasteiger partial charge on any atom is 0.269 e. The van der Waals surface area contributed by atoms with Crippen molar-refractivity contribution in [3.05, 3.63) is 59.9 Å². The molecular formula is C16H10F5NO. The molecule has 0 aliphatic carbocycles. The topological polar surface area (TPSA) is 21.6 Å². The van der Waals surface area contributed by atoms with Gasteiger partial charge in [-0.25, -0.2) is 13.2 Å². The predicted molar refractivity (Wildman–Crippen MR) is 76.8 cm³/mol. The van der Waals surface area contributed by atoms with Crippen LogP contribution in [-0.2, 0) is 0 Å². The highest BCUT2D eigenvalue weighted by Gasteiger charge is 2.14. The van der Waals surface area contributed by atoms with Crippen molar-refractivity contribution in [3.63, 3.8) is 0 Å². The van der Waals surface area contributed by atoms with E-state index in [4.69, 9.17) is 4.74 Å². The number of halogens is 5. The Morgan fingerprint density at radius 1 is 1.04 bits per heavy atom. The fourth-order valence-electron chi connectivity index (χ4n) is 1.89. The number of hydrogen-bond donors (Lipinski definition) is 0. The molecule has 7 heteroatoms. The second-order valence-electron chi connectivity index (χ2n) is 4.39. The smallest absolute Gasteiger partial charge is 0.269 e. The second kappa shape index (κ2) is 7.04. The quantitative estimate of drug-likeness (QED) is 0.542. The Bertz CT molecular complexity index is 746. The van der Waals surface area contributed by atoms with Crippen LogP contribution in [0.15, 0.2) is 47.5 Å². The highest BCUT2D eigenvalue weighted by atomic mass is 19.3. The Morgan fingerprint density at radius 2 is 1.70 bits per heavy atom. The summed E-state index contributed by atoms with van der Waals surface area (Å²) in [6.45, 7) is 2.62. The van der Waals surface area contributed by atoms with Gasteiger partial charge in [-0.05, 0) is 36.5 Å². The zero-order chi connectivity index (χ0) is 17.0. The molecule has 0 unspecified atom stereocenters. The Kier molecular flexibility index (Phi) is 5.10. The molecule has 0 N–H and O–H groups in total. The summed E-state index contributed by atoms with van der Waals surface area (Å²) in [5.74, 6) is -2.75. The Hall–Kier alpha value is -2.70. The van der Waals surface area contributed by atoms with Gasteiger partial charge in [0.05, 0.1) is 0 Å².